The Balaban J connectivity index is 2.12. The monoisotopic (exact) mass is 396 g/mol. The third-order valence-corrected chi connectivity index (χ3v) is 3.99. The normalized spacial score (nSPS) is 11.5. The molecule has 1 unspecified atom stereocenters. The zero-order valence-corrected chi connectivity index (χ0v) is 15.0. The molecular weight excluding hydrogens is 383 g/mol. The van der Waals surface area contributed by atoms with Crippen LogP contribution in [0.4, 0.5) is 5.69 Å². The fourth-order valence-electron chi connectivity index (χ4n) is 2.04. The Kier molecular flexibility index (Phi) is 6.54. The number of ether oxygens (including phenoxy) is 1. The highest BCUT2D eigenvalue weighted by molar-refractivity contribution is 6.33. The minimum absolute atomic E-state index is 0.0310. The molecule has 1 heterocycles. The molecule has 1 aromatic carbocycles. The van der Waals surface area contributed by atoms with Crippen LogP contribution >= 0.6 is 23.2 Å². The molecule has 0 radical (unpaired) electrons. The van der Waals surface area contributed by atoms with E-state index in [-0.39, 0.29) is 33.4 Å². The summed E-state index contributed by atoms with van der Waals surface area (Å²) in [6.45, 7) is 1.66. The Morgan fingerprint density at radius 1 is 1.23 bits per heavy atom. The number of amides is 1. The maximum Gasteiger partial charge on any atom is 0.342 e. The van der Waals surface area contributed by atoms with E-state index < -0.39 is 23.9 Å². The van der Waals surface area contributed by atoms with Crippen LogP contribution in [-0.2, 0) is 9.53 Å². The lowest BCUT2D eigenvalue weighted by atomic mass is 10.2. The molecule has 7 nitrogen and oxygen atoms in total. The fourth-order valence-corrected chi connectivity index (χ4v) is 2.44. The van der Waals surface area contributed by atoms with Gasteiger partial charge in [-0.25, -0.2) is 14.6 Å². The number of carboxylic acid groups (broad SMARTS) is 1. The van der Waals surface area contributed by atoms with Gasteiger partial charge in [-0.05, 0) is 36.8 Å². The second-order valence-corrected chi connectivity index (χ2v) is 5.90. The molecule has 1 aromatic heterocycles. The number of hydrogen-bond acceptors (Lipinski definition) is 5. The second-order valence-electron chi connectivity index (χ2n) is 5.13. The largest absolute Gasteiger partial charge is 0.478 e. The Morgan fingerprint density at radius 3 is 2.58 bits per heavy atom. The summed E-state index contributed by atoms with van der Waals surface area (Å²) in [6, 6.07) is 6.96. The topological polar surface area (TPSA) is 106 Å². The second kappa shape index (κ2) is 8.64. The molecule has 26 heavy (non-hydrogen) atoms. The molecule has 0 saturated carbocycles. The summed E-state index contributed by atoms with van der Waals surface area (Å²) in [5.41, 5.74) is 0.0995. The van der Waals surface area contributed by atoms with Gasteiger partial charge in [0.15, 0.2) is 6.10 Å². The van der Waals surface area contributed by atoms with Gasteiger partial charge >= 0.3 is 11.9 Å². The summed E-state index contributed by atoms with van der Waals surface area (Å²) in [7, 11) is 0. The summed E-state index contributed by atoms with van der Waals surface area (Å²) in [5, 5.41) is 11.6. The Hall–Kier alpha value is -2.64. The van der Waals surface area contributed by atoms with E-state index >= 15 is 0 Å². The summed E-state index contributed by atoms with van der Waals surface area (Å²) in [4.78, 5) is 39.4. The number of hydrogen-bond donors (Lipinski definition) is 2. The number of anilines is 1. The molecule has 0 fully saturated rings. The van der Waals surface area contributed by atoms with E-state index in [1.165, 1.54) is 36.5 Å². The van der Waals surface area contributed by atoms with Gasteiger partial charge in [0.25, 0.3) is 5.91 Å². The first-order chi connectivity index (χ1) is 12.3. The van der Waals surface area contributed by atoms with Crippen molar-refractivity contribution in [2.24, 2.45) is 0 Å². The van der Waals surface area contributed by atoms with Gasteiger partial charge in [0.05, 0.1) is 16.1 Å². The predicted octanol–water partition coefficient (Wildman–Crippen LogP) is 3.66. The van der Waals surface area contributed by atoms with Crippen molar-refractivity contribution in [1.82, 2.24) is 4.98 Å². The molecule has 0 spiro atoms. The molecule has 2 aromatic rings. The molecule has 2 rings (SSSR count). The highest BCUT2D eigenvalue weighted by atomic mass is 35.5. The molecule has 0 aliphatic carbocycles. The molecule has 9 heteroatoms. The maximum atomic E-state index is 12.3. The molecule has 1 amide bonds. The van der Waals surface area contributed by atoms with Crippen molar-refractivity contribution < 1.29 is 24.2 Å². The van der Waals surface area contributed by atoms with Crippen LogP contribution in [0.3, 0.4) is 0 Å². The quantitative estimate of drug-likeness (QED) is 0.569. The first-order valence-corrected chi connectivity index (χ1v) is 8.24. The number of rotatable bonds is 6. The highest BCUT2D eigenvalue weighted by Crippen LogP contribution is 2.21. The number of carbonyl (C=O) groups is 3. The average Bonchev–Trinajstić information content (AvgIpc) is 2.61. The van der Waals surface area contributed by atoms with E-state index in [2.05, 4.69) is 10.3 Å². The van der Waals surface area contributed by atoms with Gasteiger partial charge < -0.3 is 15.2 Å². The first kappa shape index (κ1) is 19.7. The summed E-state index contributed by atoms with van der Waals surface area (Å²) in [6.07, 6.45) is 0.529. The SMILES string of the molecule is CCC(OC(=O)c1cccnc1Cl)C(=O)Nc1ccc(Cl)c(C(=O)O)c1. The third kappa shape index (κ3) is 4.71. The van der Waals surface area contributed by atoms with E-state index in [4.69, 9.17) is 33.0 Å². The van der Waals surface area contributed by atoms with Crippen molar-refractivity contribution in [2.45, 2.75) is 19.4 Å². The minimum atomic E-state index is -1.23. The lowest BCUT2D eigenvalue weighted by molar-refractivity contribution is -0.124. The zero-order chi connectivity index (χ0) is 19.3. The van der Waals surface area contributed by atoms with Gasteiger partial charge in [-0.2, -0.15) is 0 Å². The number of carbonyl (C=O) groups excluding carboxylic acids is 2. The predicted molar refractivity (Wildman–Crippen MR) is 95.8 cm³/mol. The van der Waals surface area contributed by atoms with Crippen molar-refractivity contribution in [3.8, 4) is 0 Å². The summed E-state index contributed by atoms with van der Waals surface area (Å²) >= 11 is 11.6. The summed E-state index contributed by atoms with van der Waals surface area (Å²) < 4.78 is 5.18. The number of benzene rings is 1. The third-order valence-electron chi connectivity index (χ3n) is 3.36. The van der Waals surface area contributed by atoms with Gasteiger partial charge in [-0.15, -0.1) is 0 Å². The van der Waals surface area contributed by atoms with Crippen molar-refractivity contribution in [2.75, 3.05) is 5.32 Å². The van der Waals surface area contributed by atoms with Crippen LogP contribution in [0.1, 0.15) is 34.1 Å². The van der Waals surface area contributed by atoms with Crippen molar-refractivity contribution in [3.63, 3.8) is 0 Å². The molecule has 1 atom stereocenters. The zero-order valence-electron chi connectivity index (χ0n) is 13.5. The van der Waals surface area contributed by atoms with Crippen LogP contribution < -0.4 is 5.32 Å². The number of esters is 1. The van der Waals surface area contributed by atoms with E-state index in [0.29, 0.717) is 0 Å². The van der Waals surface area contributed by atoms with Gasteiger partial charge in [0, 0.05) is 11.9 Å². The van der Waals surface area contributed by atoms with Gasteiger partial charge in [0.2, 0.25) is 0 Å². The molecule has 0 saturated heterocycles. The smallest absolute Gasteiger partial charge is 0.342 e. The standard InChI is InChI=1S/C17H14Cl2N2O5/c1-2-13(26-17(25)10-4-3-7-20-14(10)19)15(22)21-9-5-6-12(18)11(8-9)16(23)24/h3-8,13H,2H2,1H3,(H,21,22)(H,23,24). The molecule has 136 valence electrons. The lowest BCUT2D eigenvalue weighted by Crippen LogP contribution is -2.32. The van der Waals surface area contributed by atoms with E-state index in [1.54, 1.807) is 6.92 Å². The van der Waals surface area contributed by atoms with Crippen LogP contribution in [0, 0.1) is 0 Å². The fraction of sp³-hybridized carbons (Fsp3) is 0.176. The average molecular weight is 397 g/mol. The van der Waals surface area contributed by atoms with Gasteiger partial charge in [0.1, 0.15) is 5.15 Å². The van der Waals surface area contributed by atoms with E-state index in [0.717, 1.165) is 0 Å². The van der Waals surface area contributed by atoms with Gasteiger partial charge in [-0.3, -0.25) is 4.79 Å². The molecular formula is C17H14Cl2N2O5. The van der Waals surface area contributed by atoms with Crippen LogP contribution in [0.2, 0.25) is 10.2 Å². The number of nitrogens with one attached hydrogen (secondary N) is 1. The Morgan fingerprint density at radius 2 is 1.96 bits per heavy atom. The number of pyridine rings is 1. The van der Waals surface area contributed by atoms with Crippen molar-refractivity contribution >= 4 is 46.7 Å². The molecule has 0 aliphatic rings. The first-order valence-electron chi connectivity index (χ1n) is 7.48. The van der Waals surface area contributed by atoms with Crippen LogP contribution in [0.25, 0.3) is 0 Å². The van der Waals surface area contributed by atoms with Gasteiger partial charge in [-0.1, -0.05) is 30.1 Å². The van der Waals surface area contributed by atoms with Crippen molar-refractivity contribution in [3.05, 3.63) is 57.8 Å². The molecule has 0 bridgehead atoms. The molecule has 2 N–H and O–H groups in total. The number of carboxylic acids is 1. The minimum Gasteiger partial charge on any atom is -0.478 e. The summed E-state index contributed by atoms with van der Waals surface area (Å²) in [5.74, 6) is -2.62. The Bertz CT molecular complexity index is 857. The van der Waals surface area contributed by atoms with Crippen molar-refractivity contribution in [1.29, 1.82) is 0 Å². The Labute approximate surface area is 158 Å². The lowest BCUT2D eigenvalue weighted by Gasteiger charge is -2.16. The maximum absolute atomic E-state index is 12.3. The number of aromatic nitrogens is 1. The van der Waals surface area contributed by atoms with E-state index in [9.17, 15) is 14.4 Å². The van der Waals surface area contributed by atoms with Crippen LogP contribution in [0.5, 0.6) is 0 Å². The van der Waals surface area contributed by atoms with E-state index in [1.807, 2.05) is 0 Å². The highest BCUT2D eigenvalue weighted by Gasteiger charge is 2.24. The molecule has 0 aliphatic heterocycles. The number of nitrogens with zero attached hydrogens (tertiary/aromatic N) is 1. The number of aromatic carboxylic acids is 1. The number of halogens is 2. The van der Waals surface area contributed by atoms with Crippen LogP contribution in [-0.4, -0.2) is 34.0 Å². The van der Waals surface area contributed by atoms with Crippen LogP contribution in [0.15, 0.2) is 36.5 Å².